The Morgan fingerprint density at radius 3 is 2.80 bits per heavy atom. The summed E-state index contributed by atoms with van der Waals surface area (Å²) in [5.74, 6) is 1.46. The lowest BCUT2D eigenvalue weighted by Crippen LogP contribution is -2.38. The van der Waals surface area contributed by atoms with Gasteiger partial charge >= 0.3 is 0 Å². The minimum absolute atomic E-state index is 0.0695. The molecule has 2 saturated carbocycles. The molecule has 0 aromatic carbocycles. The normalized spacial score (nSPS) is 24.5. The predicted molar refractivity (Wildman–Crippen MR) is 95.2 cm³/mol. The van der Waals surface area contributed by atoms with Crippen molar-refractivity contribution < 1.29 is 4.79 Å². The van der Waals surface area contributed by atoms with E-state index < -0.39 is 0 Å². The number of rotatable bonds is 3. The maximum atomic E-state index is 13.0. The number of likely N-dealkylation sites (tertiary alicyclic amines) is 1. The van der Waals surface area contributed by atoms with Crippen LogP contribution in [0.15, 0.2) is 29.3 Å². The summed E-state index contributed by atoms with van der Waals surface area (Å²) in [6.45, 7) is 1.55. The summed E-state index contributed by atoms with van der Waals surface area (Å²) in [6, 6.07) is 2.42. The van der Waals surface area contributed by atoms with Gasteiger partial charge in [0.1, 0.15) is 12.2 Å². The largest absolute Gasteiger partial charge is 0.337 e. The van der Waals surface area contributed by atoms with Crippen molar-refractivity contribution in [2.45, 2.75) is 44.1 Å². The Morgan fingerprint density at radius 1 is 1.28 bits per heavy atom. The van der Waals surface area contributed by atoms with Gasteiger partial charge in [-0.2, -0.15) is 0 Å². The van der Waals surface area contributed by atoms with Crippen LogP contribution in [-0.4, -0.2) is 43.6 Å². The third-order valence-corrected chi connectivity index (χ3v) is 6.52. The molecule has 1 unspecified atom stereocenters. The van der Waals surface area contributed by atoms with Crippen molar-refractivity contribution in [2.75, 3.05) is 13.1 Å². The van der Waals surface area contributed by atoms with Crippen LogP contribution in [0, 0.1) is 5.41 Å². The minimum atomic E-state index is 0.0695. The summed E-state index contributed by atoms with van der Waals surface area (Å²) < 4.78 is 3.10. The van der Waals surface area contributed by atoms with E-state index in [-0.39, 0.29) is 11.3 Å². The molecule has 7 heteroatoms. The van der Waals surface area contributed by atoms with Gasteiger partial charge in [0.2, 0.25) is 0 Å². The van der Waals surface area contributed by atoms with E-state index >= 15 is 0 Å². The summed E-state index contributed by atoms with van der Waals surface area (Å²) in [5.41, 5.74) is 0.836. The first-order valence-corrected chi connectivity index (χ1v) is 9.75. The highest BCUT2D eigenvalue weighted by molar-refractivity contribution is 9.10. The molecule has 2 aromatic heterocycles. The quantitative estimate of drug-likeness (QED) is 0.791. The lowest BCUT2D eigenvalue weighted by Gasteiger charge is -2.42. The van der Waals surface area contributed by atoms with Gasteiger partial charge in [0.25, 0.3) is 5.91 Å². The highest BCUT2D eigenvalue weighted by Crippen LogP contribution is 2.56. The molecular weight excluding hydrogens is 382 g/mol. The Morgan fingerprint density at radius 2 is 2.12 bits per heavy atom. The van der Waals surface area contributed by atoms with Crippen molar-refractivity contribution in [1.29, 1.82) is 0 Å². The molecule has 25 heavy (non-hydrogen) atoms. The molecule has 2 aromatic rings. The highest BCUT2D eigenvalue weighted by atomic mass is 79.9. The highest BCUT2D eigenvalue weighted by Gasteiger charge is 2.54. The molecule has 1 amide bonds. The molecule has 130 valence electrons. The molecule has 3 heterocycles. The third kappa shape index (κ3) is 2.51. The number of hydrogen-bond acceptors (Lipinski definition) is 4. The molecule has 1 spiro atoms. The summed E-state index contributed by atoms with van der Waals surface area (Å²) in [4.78, 5) is 19.1. The molecule has 0 N–H and O–H groups in total. The Bertz CT molecular complexity index is 826. The van der Waals surface area contributed by atoms with Gasteiger partial charge in [0.15, 0.2) is 0 Å². The lowest BCUT2D eigenvalue weighted by molar-refractivity contribution is 0.0722. The Hall–Kier alpha value is -1.76. The van der Waals surface area contributed by atoms with Gasteiger partial charge in [-0.05, 0) is 53.1 Å². The molecule has 1 aliphatic heterocycles. The molecule has 0 radical (unpaired) electrons. The molecule has 6 nitrogen and oxygen atoms in total. The number of amides is 1. The summed E-state index contributed by atoms with van der Waals surface area (Å²) in [5, 5.41) is 8.66. The minimum Gasteiger partial charge on any atom is -0.337 e. The SMILES string of the molecule is O=C(c1cncc(Br)c1)N1CC(c2nncn2C2CC2)C2(CCC2)C1. The van der Waals surface area contributed by atoms with Gasteiger partial charge in [0, 0.05) is 41.9 Å². The van der Waals surface area contributed by atoms with Crippen molar-refractivity contribution in [3.63, 3.8) is 0 Å². The van der Waals surface area contributed by atoms with Crippen LogP contribution < -0.4 is 0 Å². The zero-order valence-corrected chi connectivity index (χ0v) is 15.5. The Kier molecular flexibility index (Phi) is 3.48. The van der Waals surface area contributed by atoms with Crippen LogP contribution in [0.25, 0.3) is 0 Å². The van der Waals surface area contributed by atoms with E-state index in [0.29, 0.717) is 17.5 Å². The van der Waals surface area contributed by atoms with E-state index in [1.54, 1.807) is 12.4 Å². The van der Waals surface area contributed by atoms with Crippen LogP contribution >= 0.6 is 15.9 Å². The average molecular weight is 402 g/mol. The fourth-order valence-electron chi connectivity index (χ4n) is 4.46. The molecule has 5 rings (SSSR count). The van der Waals surface area contributed by atoms with Crippen LogP contribution in [0.4, 0.5) is 0 Å². The molecule has 2 aliphatic carbocycles. The number of halogens is 1. The van der Waals surface area contributed by atoms with E-state index in [1.165, 1.54) is 32.1 Å². The zero-order valence-electron chi connectivity index (χ0n) is 13.9. The number of carbonyl (C=O) groups is 1. The van der Waals surface area contributed by atoms with Crippen LogP contribution in [0.1, 0.15) is 60.2 Å². The van der Waals surface area contributed by atoms with Gasteiger partial charge in [0.05, 0.1) is 5.56 Å². The molecule has 1 saturated heterocycles. The fraction of sp³-hybridized carbons (Fsp3) is 0.556. The van der Waals surface area contributed by atoms with Crippen molar-refractivity contribution in [3.05, 3.63) is 40.6 Å². The number of carbonyl (C=O) groups excluding carboxylic acids is 1. The first-order valence-electron chi connectivity index (χ1n) is 8.95. The Balaban J connectivity index is 1.45. The summed E-state index contributed by atoms with van der Waals surface area (Å²) >= 11 is 3.41. The maximum Gasteiger partial charge on any atom is 0.255 e. The van der Waals surface area contributed by atoms with Crippen molar-refractivity contribution in [3.8, 4) is 0 Å². The predicted octanol–water partition coefficient (Wildman–Crippen LogP) is 3.18. The molecule has 1 atom stereocenters. The summed E-state index contributed by atoms with van der Waals surface area (Å²) in [6.07, 6.45) is 11.3. The number of nitrogens with zero attached hydrogens (tertiary/aromatic N) is 5. The monoisotopic (exact) mass is 401 g/mol. The van der Waals surface area contributed by atoms with Crippen LogP contribution in [0.2, 0.25) is 0 Å². The van der Waals surface area contributed by atoms with Crippen molar-refractivity contribution in [2.24, 2.45) is 5.41 Å². The van der Waals surface area contributed by atoms with E-state index in [2.05, 4.69) is 35.7 Å². The van der Waals surface area contributed by atoms with E-state index in [4.69, 9.17) is 0 Å². The smallest absolute Gasteiger partial charge is 0.255 e. The zero-order chi connectivity index (χ0) is 17.0. The number of hydrogen-bond donors (Lipinski definition) is 0. The molecular formula is C18H20BrN5O. The van der Waals surface area contributed by atoms with Crippen LogP contribution in [0.3, 0.4) is 0 Å². The van der Waals surface area contributed by atoms with Gasteiger partial charge in [-0.15, -0.1) is 10.2 Å². The van der Waals surface area contributed by atoms with Gasteiger partial charge in [-0.1, -0.05) is 6.42 Å². The maximum absolute atomic E-state index is 13.0. The second-order valence-corrected chi connectivity index (χ2v) is 8.59. The third-order valence-electron chi connectivity index (χ3n) is 6.09. The molecule has 3 fully saturated rings. The second kappa shape index (κ2) is 5.62. The van der Waals surface area contributed by atoms with Gasteiger partial charge < -0.3 is 9.47 Å². The molecule has 0 bridgehead atoms. The number of pyridine rings is 1. The summed E-state index contributed by atoms with van der Waals surface area (Å²) in [7, 11) is 0. The van der Waals surface area contributed by atoms with Crippen molar-refractivity contribution in [1.82, 2.24) is 24.6 Å². The lowest BCUT2D eigenvalue weighted by atomic mass is 9.62. The first kappa shape index (κ1) is 15.5. The Labute approximate surface area is 154 Å². The van der Waals surface area contributed by atoms with E-state index in [0.717, 1.165) is 23.4 Å². The molecule has 3 aliphatic rings. The van der Waals surface area contributed by atoms with E-state index in [1.807, 2.05) is 17.3 Å². The van der Waals surface area contributed by atoms with Crippen LogP contribution in [0.5, 0.6) is 0 Å². The van der Waals surface area contributed by atoms with Gasteiger partial charge in [-0.25, -0.2) is 0 Å². The van der Waals surface area contributed by atoms with Crippen molar-refractivity contribution >= 4 is 21.8 Å². The number of aromatic nitrogens is 4. The fourth-order valence-corrected chi connectivity index (χ4v) is 4.83. The van der Waals surface area contributed by atoms with E-state index in [9.17, 15) is 4.79 Å². The topological polar surface area (TPSA) is 63.9 Å². The average Bonchev–Trinajstić information content (AvgIpc) is 3.16. The van der Waals surface area contributed by atoms with Crippen LogP contribution in [-0.2, 0) is 0 Å². The first-order chi connectivity index (χ1) is 12.2. The van der Waals surface area contributed by atoms with Gasteiger partial charge in [-0.3, -0.25) is 9.78 Å². The standard InChI is InChI=1S/C18H20BrN5O/c19-13-6-12(7-20-8-13)17(25)23-9-15(18(10-23)4-1-5-18)16-22-21-11-24(16)14-2-3-14/h6-8,11,14-15H,1-5,9-10H2. The second-order valence-electron chi connectivity index (χ2n) is 7.67.